The molecule has 0 atom stereocenters. The van der Waals surface area contributed by atoms with Gasteiger partial charge in [-0.3, -0.25) is 0 Å². The molecule has 30 heavy (non-hydrogen) atoms. The van der Waals surface area contributed by atoms with Gasteiger partial charge in [-0.05, 0) is 79.5 Å². The molecule has 0 aromatic heterocycles. The first kappa shape index (κ1) is 21.9. The molecule has 2 aliphatic rings. The van der Waals surface area contributed by atoms with Crippen LogP contribution < -0.4 is 56.3 Å². The molecule has 0 amide bonds. The average molecular weight is 419 g/mol. The van der Waals surface area contributed by atoms with Crippen molar-refractivity contribution in [1.82, 2.24) is 4.90 Å². The van der Waals surface area contributed by atoms with Crippen LogP contribution in [0.1, 0.15) is 40.2 Å². The Labute approximate surface area is 223 Å². The monoisotopic (exact) mass is 418 g/mol. The van der Waals surface area contributed by atoms with Gasteiger partial charge >= 0.3 is 51.4 Å². The molecule has 0 N–H and O–H groups in total. The van der Waals surface area contributed by atoms with E-state index in [9.17, 15) is 0 Å². The van der Waals surface area contributed by atoms with Gasteiger partial charge in [0.2, 0.25) is 0 Å². The first-order valence-electron chi connectivity index (χ1n) is 10.5. The maximum absolute atomic E-state index is 2.32. The molecule has 1 aliphatic carbocycles. The molecule has 5 rings (SSSR count). The molecule has 0 saturated heterocycles. The van der Waals surface area contributed by atoms with Crippen LogP contribution in [0.25, 0.3) is 11.1 Å². The van der Waals surface area contributed by atoms with E-state index in [4.69, 9.17) is 0 Å². The van der Waals surface area contributed by atoms with E-state index in [1.165, 1.54) is 44.6 Å². The van der Waals surface area contributed by atoms with Crippen molar-refractivity contribution in [3.63, 3.8) is 0 Å². The molecular weight excluding hydrogens is 391 g/mol. The fraction of sp³-hybridized carbons (Fsp3) is 0.222. The van der Waals surface area contributed by atoms with E-state index in [2.05, 4.69) is 110 Å². The minimum atomic E-state index is 0. The molecule has 146 valence electrons. The Morgan fingerprint density at radius 2 is 1.37 bits per heavy atom. The first-order chi connectivity index (χ1) is 14.1. The maximum atomic E-state index is 2.32. The zero-order valence-corrected chi connectivity index (χ0v) is 21.5. The summed E-state index contributed by atoms with van der Waals surface area (Å²) in [5.74, 6) is 0.473. The molecule has 0 saturated carbocycles. The molecule has 0 fully saturated rings. The third-order valence-electron chi connectivity index (χ3n) is 6.22. The summed E-state index contributed by atoms with van der Waals surface area (Å²) in [6.07, 6.45) is 5.49. The number of hydrogen-bond acceptors (Lipinski definition) is 2. The molecule has 0 bridgehead atoms. The van der Waals surface area contributed by atoms with E-state index < -0.39 is 0 Å². The van der Waals surface area contributed by atoms with Gasteiger partial charge in [-0.2, -0.15) is 6.67 Å². The summed E-state index contributed by atoms with van der Waals surface area (Å²) >= 11 is 0. The summed E-state index contributed by atoms with van der Waals surface area (Å²) in [5, 5.41) is 0. The SMILES string of the molecule is Cc1cc(C)c(N2C=CN(CCC3c4ccccc4-c4ccccc43)[CH-]2)c(C)c1.[K+]. The van der Waals surface area contributed by atoms with Gasteiger partial charge in [0, 0.05) is 11.6 Å². The zero-order chi connectivity index (χ0) is 20.0. The molecule has 1 heterocycles. The topological polar surface area (TPSA) is 6.48 Å². The molecule has 3 heteroatoms. The predicted molar refractivity (Wildman–Crippen MR) is 122 cm³/mol. The van der Waals surface area contributed by atoms with Crippen LogP contribution in [0, 0.1) is 27.4 Å². The van der Waals surface area contributed by atoms with Gasteiger partial charge in [-0.25, -0.2) is 0 Å². The Bertz CT molecular complexity index is 1030. The number of benzene rings is 3. The van der Waals surface area contributed by atoms with Crippen LogP contribution in [-0.4, -0.2) is 11.4 Å². The normalized spacial score (nSPS) is 14.6. The number of fused-ring (bicyclic) bond motifs is 3. The molecule has 2 nitrogen and oxygen atoms in total. The van der Waals surface area contributed by atoms with Crippen molar-refractivity contribution in [2.75, 3.05) is 11.4 Å². The van der Waals surface area contributed by atoms with Crippen LogP contribution in [0.15, 0.2) is 73.1 Å². The minimum Gasteiger partial charge on any atom is -0.508 e. The van der Waals surface area contributed by atoms with Gasteiger partial charge in [0.1, 0.15) is 0 Å². The van der Waals surface area contributed by atoms with Crippen LogP contribution in [0.5, 0.6) is 0 Å². The summed E-state index contributed by atoms with van der Waals surface area (Å²) in [4.78, 5) is 4.59. The predicted octanol–water partition coefficient (Wildman–Crippen LogP) is 3.53. The number of nitrogens with zero attached hydrogens (tertiary/aromatic N) is 2. The molecule has 0 unspecified atom stereocenters. The fourth-order valence-corrected chi connectivity index (χ4v) is 5.09. The maximum Gasteiger partial charge on any atom is 1.00 e. The van der Waals surface area contributed by atoms with Gasteiger partial charge in [0.25, 0.3) is 0 Å². The van der Waals surface area contributed by atoms with Crippen LogP contribution >= 0.6 is 0 Å². The van der Waals surface area contributed by atoms with Crippen molar-refractivity contribution in [3.05, 3.63) is 108 Å². The van der Waals surface area contributed by atoms with Crippen molar-refractivity contribution < 1.29 is 51.4 Å². The summed E-state index contributed by atoms with van der Waals surface area (Å²) in [6, 6.07) is 22.3. The Hall–Kier alpha value is -1.36. The van der Waals surface area contributed by atoms with Crippen molar-refractivity contribution >= 4 is 5.69 Å². The Kier molecular flexibility index (Phi) is 6.57. The quantitative estimate of drug-likeness (QED) is 0.472. The van der Waals surface area contributed by atoms with Gasteiger partial charge in [-0.15, -0.1) is 0 Å². The van der Waals surface area contributed by atoms with Crippen molar-refractivity contribution in [3.8, 4) is 11.1 Å². The second kappa shape index (κ2) is 9.02. The Morgan fingerprint density at radius 3 is 1.97 bits per heavy atom. The largest absolute Gasteiger partial charge is 1.00 e. The van der Waals surface area contributed by atoms with E-state index in [0.717, 1.165) is 13.0 Å². The molecule has 0 spiro atoms. The number of rotatable bonds is 4. The van der Waals surface area contributed by atoms with E-state index in [0.29, 0.717) is 5.92 Å². The summed E-state index contributed by atoms with van der Waals surface area (Å²) < 4.78 is 0. The summed E-state index contributed by atoms with van der Waals surface area (Å²) in [5.41, 5.74) is 11.0. The molecule has 0 radical (unpaired) electrons. The Morgan fingerprint density at radius 1 is 0.800 bits per heavy atom. The molecular formula is C27H27KN2. The molecule has 3 aromatic rings. The Balaban J connectivity index is 0.00000218. The number of hydrogen-bond donors (Lipinski definition) is 0. The van der Waals surface area contributed by atoms with E-state index in [-0.39, 0.29) is 51.4 Å². The third kappa shape index (κ3) is 3.94. The standard InChI is InChI=1S/C27H27N2.K/c1-19-16-20(2)27(21(3)17-19)29-15-14-28(18-29)13-12-26-24-10-6-4-8-22(24)23-9-5-7-11-25(23)26;/h4-11,14-18,26H,12-13H2,1-3H3;/q-1;+1. The van der Waals surface area contributed by atoms with Crippen LogP contribution in [0.3, 0.4) is 0 Å². The molecule has 1 aliphatic heterocycles. The van der Waals surface area contributed by atoms with Gasteiger partial charge < -0.3 is 9.80 Å². The van der Waals surface area contributed by atoms with Crippen molar-refractivity contribution in [1.29, 1.82) is 0 Å². The zero-order valence-electron chi connectivity index (χ0n) is 18.4. The van der Waals surface area contributed by atoms with Crippen molar-refractivity contribution in [2.24, 2.45) is 0 Å². The summed E-state index contributed by atoms with van der Waals surface area (Å²) in [6.45, 7) is 9.80. The van der Waals surface area contributed by atoms with E-state index in [1.54, 1.807) is 0 Å². The van der Waals surface area contributed by atoms with Crippen molar-refractivity contribution in [2.45, 2.75) is 33.1 Å². The fourth-order valence-electron chi connectivity index (χ4n) is 5.09. The van der Waals surface area contributed by atoms with E-state index >= 15 is 0 Å². The van der Waals surface area contributed by atoms with Gasteiger partial charge in [-0.1, -0.05) is 66.2 Å². The smallest absolute Gasteiger partial charge is 0.508 e. The second-order valence-corrected chi connectivity index (χ2v) is 8.32. The van der Waals surface area contributed by atoms with Gasteiger partial charge in [0.15, 0.2) is 0 Å². The minimum absolute atomic E-state index is 0. The number of anilines is 1. The van der Waals surface area contributed by atoms with Gasteiger partial charge in [0.05, 0.1) is 0 Å². The summed E-state index contributed by atoms with van der Waals surface area (Å²) in [7, 11) is 0. The van der Waals surface area contributed by atoms with Crippen LogP contribution in [0.4, 0.5) is 5.69 Å². The van der Waals surface area contributed by atoms with E-state index in [1.807, 2.05) is 0 Å². The first-order valence-corrected chi connectivity index (χ1v) is 10.5. The van der Waals surface area contributed by atoms with Crippen LogP contribution in [-0.2, 0) is 0 Å². The second-order valence-electron chi connectivity index (χ2n) is 8.32. The number of aryl methyl sites for hydroxylation is 3. The van der Waals surface area contributed by atoms with Crippen LogP contribution in [0.2, 0.25) is 0 Å². The molecule has 3 aromatic carbocycles. The average Bonchev–Trinajstić information content (AvgIpc) is 3.28. The third-order valence-corrected chi connectivity index (χ3v) is 6.22.